The van der Waals surface area contributed by atoms with Crippen LogP contribution in [0.4, 0.5) is 0 Å². The van der Waals surface area contributed by atoms with Crippen LogP contribution in [0, 0.1) is 19.8 Å². The Bertz CT molecular complexity index is 531. The minimum absolute atomic E-state index is 0. The lowest BCUT2D eigenvalue weighted by molar-refractivity contribution is 0.0536. The molecule has 1 saturated heterocycles. The topological polar surface area (TPSA) is 72.1 Å². The SMILES string of the molecule is CCNC(=NCCc1c(C)noc1C)N1CCC(COCCOC)C1.I. The molecule has 0 saturated carbocycles. The third-order valence-corrected chi connectivity index (χ3v) is 4.51. The number of likely N-dealkylation sites (tertiary alicyclic amines) is 1. The Morgan fingerprint density at radius 2 is 2.19 bits per heavy atom. The molecule has 1 N–H and O–H groups in total. The molecule has 0 radical (unpaired) electrons. The van der Waals surface area contributed by atoms with Crippen LogP contribution < -0.4 is 5.32 Å². The Morgan fingerprint density at radius 3 is 2.85 bits per heavy atom. The highest BCUT2D eigenvalue weighted by atomic mass is 127. The van der Waals surface area contributed by atoms with Crippen LogP contribution in [-0.2, 0) is 15.9 Å². The van der Waals surface area contributed by atoms with Crippen molar-refractivity contribution in [3.63, 3.8) is 0 Å². The second-order valence-corrected chi connectivity index (χ2v) is 6.46. The van der Waals surface area contributed by atoms with E-state index in [1.807, 2.05) is 13.8 Å². The van der Waals surface area contributed by atoms with Gasteiger partial charge < -0.3 is 24.2 Å². The zero-order chi connectivity index (χ0) is 18.1. The largest absolute Gasteiger partial charge is 0.382 e. The first-order valence-corrected chi connectivity index (χ1v) is 9.17. The van der Waals surface area contributed by atoms with Crippen LogP contribution >= 0.6 is 24.0 Å². The molecule has 1 aliphatic heterocycles. The summed E-state index contributed by atoms with van der Waals surface area (Å²) >= 11 is 0. The highest BCUT2D eigenvalue weighted by Crippen LogP contribution is 2.17. The smallest absolute Gasteiger partial charge is 0.193 e. The van der Waals surface area contributed by atoms with Crippen molar-refractivity contribution in [1.29, 1.82) is 0 Å². The van der Waals surface area contributed by atoms with Crippen LogP contribution in [0.25, 0.3) is 0 Å². The van der Waals surface area contributed by atoms with E-state index >= 15 is 0 Å². The Morgan fingerprint density at radius 1 is 1.38 bits per heavy atom. The number of aryl methyl sites for hydroxylation is 2. The van der Waals surface area contributed by atoms with E-state index < -0.39 is 0 Å². The summed E-state index contributed by atoms with van der Waals surface area (Å²) in [6, 6.07) is 0. The molecule has 0 aromatic carbocycles. The quantitative estimate of drug-likeness (QED) is 0.253. The van der Waals surface area contributed by atoms with Crippen molar-refractivity contribution in [2.75, 3.05) is 53.1 Å². The lowest BCUT2D eigenvalue weighted by Gasteiger charge is -2.21. The van der Waals surface area contributed by atoms with Crippen molar-refractivity contribution >= 4 is 29.9 Å². The fourth-order valence-corrected chi connectivity index (χ4v) is 3.11. The Balaban J connectivity index is 0.00000338. The van der Waals surface area contributed by atoms with Gasteiger partial charge in [-0.2, -0.15) is 0 Å². The molecule has 1 atom stereocenters. The Hall–Kier alpha value is -0.870. The highest BCUT2D eigenvalue weighted by Gasteiger charge is 2.25. The fraction of sp³-hybridized carbons (Fsp3) is 0.778. The van der Waals surface area contributed by atoms with Crippen molar-refractivity contribution in [2.45, 2.75) is 33.6 Å². The van der Waals surface area contributed by atoms with Crippen LogP contribution in [0.1, 0.15) is 30.4 Å². The van der Waals surface area contributed by atoms with Crippen molar-refractivity contribution in [3.8, 4) is 0 Å². The van der Waals surface area contributed by atoms with Gasteiger partial charge in [0.05, 0.1) is 25.5 Å². The summed E-state index contributed by atoms with van der Waals surface area (Å²) in [7, 11) is 1.70. The zero-order valence-electron chi connectivity index (χ0n) is 16.4. The predicted molar refractivity (Wildman–Crippen MR) is 113 cm³/mol. The number of aromatic nitrogens is 1. The standard InChI is InChI=1S/C18H32N4O3.HI/c1-5-19-18(20-8-6-17-14(2)21-25-15(17)3)22-9-7-16(12-22)13-24-11-10-23-4;/h16H,5-13H2,1-4H3,(H,19,20);1H. The lowest BCUT2D eigenvalue weighted by Crippen LogP contribution is -2.40. The molecule has 0 aliphatic carbocycles. The number of nitrogens with zero attached hydrogens (tertiary/aromatic N) is 3. The fourth-order valence-electron chi connectivity index (χ4n) is 3.11. The normalized spacial score (nSPS) is 17.5. The number of rotatable bonds is 9. The first kappa shape index (κ1) is 23.2. The van der Waals surface area contributed by atoms with Gasteiger partial charge in [0, 0.05) is 44.8 Å². The number of nitrogens with one attached hydrogen (secondary N) is 1. The molecule has 8 heteroatoms. The van der Waals surface area contributed by atoms with E-state index in [0.29, 0.717) is 19.1 Å². The lowest BCUT2D eigenvalue weighted by atomic mass is 10.1. The molecule has 7 nitrogen and oxygen atoms in total. The van der Waals surface area contributed by atoms with Gasteiger partial charge in [-0.3, -0.25) is 4.99 Å². The third kappa shape index (κ3) is 7.03. The van der Waals surface area contributed by atoms with Gasteiger partial charge in [-0.05, 0) is 33.6 Å². The van der Waals surface area contributed by atoms with Gasteiger partial charge in [-0.25, -0.2) is 0 Å². The number of ether oxygens (including phenoxy) is 2. The summed E-state index contributed by atoms with van der Waals surface area (Å²) in [5.74, 6) is 2.45. The molecule has 1 aliphatic rings. The van der Waals surface area contributed by atoms with Crippen molar-refractivity contribution in [3.05, 3.63) is 17.0 Å². The van der Waals surface area contributed by atoms with E-state index in [0.717, 1.165) is 63.0 Å². The molecule has 2 rings (SSSR count). The van der Waals surface area contributed by atoms with Crippen LogP contribution in [0.3, 0.4) is 0 Å². The molecule has 26 heavy (non-hydrogen) atoms. The maximum absolute atomic E-state index is 5.67. The summed E-state index contributed by atoms with van der Waals surface area (Å²) in [6.45, 7) is 11.8. The van der Waals surface area contributed by atoms with Gasteiger partial charge >= 0.3 is 0 Å². The van der Waals surface area contributed by atoms with Crippen LogP contribution in [0.15, 0.2) is 9.52 Å². The van der Waals surface area contributed by atoms with Gasteiger partial charge in [0.25, 0.3) is 0 Å². The van der Waals surface area contributed by atoms with E-state index in [-0.39, 0.29) is 24.0 Å². The second kappa shape index (κ2) is 12.5. The summed E-state index contributed by atoms with van der Waals surface area (Å²) in [5, 5.41) is 7.41. The van der Waals surface area contributed by atoms with E-state index in [4.69, 9.17) is 19.0 Å². The van der Waals surface area contributed by atoms with E-state index in [2.05, 4.69) is 22.3 Å². The molecular formula is C18H33IN4O3. The molecular weight excluding hydrogens is 447 g/mol. The number of halogens is 1. The second-order valence-electron chi connectivity index (χ2n) is 6.46. The van der Waals surface area contributed by atoms with Gasteiger partial charge in [0.2, 0.25) is 0 Å². The van der Waals surface area contributed by atoms with Crippen LogP contribution in [0.5, 0.6) is 0 Å². The molecule has 1 aromatic heterocycles. The van der Waals surface area contributed by atoms with Crippen molar-refractivity contribution < 1.29 is 14.0 Å². The first-order chi connectivity index (χ1) is 12.2. The number of hydrogen-bond donors (Lipinski definition) is 1. The van der Waals surface area contributed by atoms with E-state index in [9.17, 15) is 0 Å². The zero-order valence-corrected chi connectivity index (χ0v) is 18.7. The monoisotopic (exact) mass is 480 g/mol. The van der Waals surface area contributed by atoms with Gasteiger partial charge in [0.15, 0.2) is 5.96 Å². The van der Waals surface area contributed by atoms with Crippen molar-refractivity contribution in [1.82, 2.24) is 15.4 Å². The summed E-state index contributed by atoms with van der Waals surface area (Å²) in [5.41, 5.74) is 2.14. The number of hydrogen-bond acceptors (Lipinski definition) is 5. The Kier molecular flexibility index (Phi) is 11.1. The molecule has 1 fully saturated rings. The minimum Gasteiger partial charge on any atom is -0.382 e. The predicted octanol–water partition coefficient (Wildman–Crippen LogP) is 2.40. The summed E-state index contributed by atoms with van der Waals surface area (Å²) in [6.07, 6.45) is 1.99. The first-order valence-electron chi connectivity index (χ1n) is 9.17. The molecule has 1 unspecified atom stereocenters. The summed E-state index contributed by atoms with van der Waals surface area (Å²) < 4.78 is 15.9. The van der Waals surface area contributed by atoms with E-state index in [1.54, 1.807) is 7.11 Å². The maximum Gasteiger partial charge on any atom is 0.193 e. The number of guanidine groups is 1. The molecule has 0 amide bonds. The van der Waals surface area contributed by atoms with Gasteiger partial charge in [-0.1, -0.05) is 5.16 Å². The average Bonchev–Trinajstić information content (AvgIpc) is 3.19. The number of methoxy groups -OCH3 is 1. The van der Waals surface area contributed by atoms with Crippen LogP contribution in [-0.4, -0.2) is 69.1 Å². The molecule has 0 spiro atoms. The van der Waals surface area contributed by atoms with Crippen LogP contribution in [0.2, 0.25) is 0 Å². The van der Waals surface area contributed by atoms with Gasteiger partial charge in [0.1, 0.15) is 5.76 Å². The molecule has 0 bridgehead atoms. The summed E-state index contributed by atoms with van der Waals surface area (Å²) in [4.78, 5) is 7.13. The average molecular weight is 480 g/mol. The Labute approximate surface area is 173 Å². The number of aliphatic imine (C=N–C) groups is 1. The molecule has 1 aromatic rings. The van der Waals surface area contributed by atoms with E-state index in [1.165, 1.54) is 5.56 Å². The van der Waals surface area contributed by atoms with Gasteiger partial charge in [-0.15, -0.1) is 24.0 Å². The molecule has 2 heterocycles. The third-order valence-electron chi connectivity index (χ3n) is 4.51. The van der Waals surface area contributed by atoms with Crippen molar-refractivity contribution in [2.24, 2.45) is 10.9 Å². The maximum atomic E-state index is 5.67. The molecule has 150 valence electrons. The highest BCUT2D eigenvalue weighted by molar-refractivity contribution is 14.0. The minimum atomic E-state index is 0.